The molecule has 2 aliphatic heterocycles. The second-order valence-corrected chi connectivity index (χ2v) is 9.04. The van der Waals surface area contributed by atoms with E-state index in [-0.39, 0.29) is 12.2 Å². The highest BCUT2D eigenvalue weighted by atomic mass is 16.6. The van der Waals surface area contributed by atoms with Gasteiger partial charge in [-0.3, -0.25) is 4.90 Å². The molecule has 2 amide bonds. The van der Waals surface area contributed by atoms with Crippen LogP contribution in [0, 0.1) is 0 Å². The maximum Gasteiger partial charge on any atom is 0.410 e. The number of ether oxygens (including phenoxy) is 2. The van der Waals surface area contributed by atoms with Gasteiger partial charge in [0.1, 0.15) is 11.2 Å². The Hall–Kier alpha value is -1.50. The van der Waals surface area contributed by atoms with Gasteiger partial charge in [0, 0.05) is 26.2 Å². The van der Waals surface area contributed by atoms with Crippen LogP contribution in [0.15, 0.2) is 0 Å². The quantitative estimate of drug-likeness (QED) is 0.723. The smallest absolute Gasteiger partial charge is 0.410 e. The minimum Gasteiger partial charge on any atom is -0.444 e. The lowest BCUT2D eigenvalue weighted by molar-refractivity contribution is -0.0491. The molecule has 144 valence electrons. The number of nitrogens with one attached hydrogen (secondary N) is 1. The molecule has 2 saturated heterocycles. The number of carbonyl (C=O) groups excluding carboxylic acids is 2. The highest BCUT2D eigenvalue weighted by Crippen LogP contribution is 2.31. The minimum absolute atomic E-state index is 0.306. The first-order valence-electron chi connectivity index (χ1n) is 9.11. The van der Waals surface area contributed by atoms with Crippen molar-refractivity contribution in [2.75, 3.05) is 32.7 Å². The zero-order valence-electron chi connectivity index (χ0n) is 16.5. The average Bonchev–Trinajstić information content (AvgIpc) is 2.44. The van der Waals surface area contributed by atoms with E-state index in [0.29, 0.717) is 26.2 Å². The summed E-state index contributed by atoms with van der Waals surface area (Å²) in [6.07, 6.45) is 1.18. The van der Waals surface area contributed by atoms with E-state index in [4.69, 9.17) is 9.47 Å². The molecule has 2 fully saturated rings. The Morgan fingerprint density at radius 1 is 0.960 bits per heavy atom. The van der Waals surface area contributed by atoms with Crippen molar-refractivity contribution in [2.24, 2.45) is 0 Å². The lowest BCUT2D eigenvalue weighted by Gasteiger charge is -2.52. The Balaban J connectivity index is 2.16. The molecule has 0 saturated carbocycles. The summed E-state index contributed by atoms with van der Waals surface area (Å²) in [7, 11) is 0. The Morgan fingerprint density at radius 2 is 1.56 bits per heavy atom. The Kier molecular flexibility index (Phi) is 5.56. The molecule has 0 radical (unpaired) electrons. The van der Waals surface area contributed by atoms with Gasteiger partial charge in [0.2, 0.25) is 0 Å². The third kappa shape index (κ3) is 5.23. The summed E-state index contributed by atoms with van der Waals surface area (Å²) in [4.78, 5) is 28.8. The highest BCUT2D eigenvalue weighted by molar-refractivity contribution is 5.72. The van der Waals surface area contributed by atoms with Gasteiger partial charge in [-0.2, -0.15) is 0 Å². The summed E-state index contributed by atoms with van der Waals surface area (Å²) in [5.74, 6) is 0. The van der Waals surface area contributed by atoms with Crippen LogP contribution in [0.4, 0.5) is 9.59 Å². The molecule has 0 bridgehead atoms. The third-order valence-electron chi connectivity index (χ3n) is 4.37. The normalized spacial score (nSPS) is 25.0. The van der Waals surface area contributed by atoms with Crippen molar-refractivity contribution in [3.05, 3.63) is 0 Å². The molecule has 1 spiro atoms. The SMILES string of the molecule is CC(C)(C)OC(=O)N1CCN(C(=O)OC(C)(C)C)[C@@]2(CCCNC2)C1. The fourth-order valence-electron chi connectivity index (χ4n) is 3.38. The topological polar surface area (TPSA) is 71.1 Å². The van der Waals surface area contributed by atoms with E-state index in [2.05, 4.69) is 5.32 Å². The van der Waals surface area contributed by atoms with Gasteiger partial charge in [0.15, 0.2) is 0 Å². The van der Waals surface area contributed by atoms with Gasteiger partial charge in [0.05, 0.1) is 5.54 Å². The number of carbonyl (C=O) groups is 2. The number of hydrogen-bond donors (Lipinski definition) is 1. The van der Waals surface area contributed by atoms with Crippen molar-refractivity contribution >= 4 is 12.2 Å². The maximum atomic E-state index is 12.7. The van der Waals surface area contributed by atoms with Gasteiger partial charge in [-0.05, 0) is 60.9 Å². The molecule has 0 aromatic rings. The first-order valence-corrected chi connectivity index (χ1v) is 9.11. The van der Waals surface area contributed by atoms with Crippen molar-refractivity contribution in [2.45, 2.75) is 71.1 Å². The van der Waals surface area contributed by atoms with E-state index in [1.165, 1.54) is 0 Å². The van der Waals surface area contributed by atoms with Crippen molar-refractivity contribution in [1.29, 1.82) is 0 Å². The molecule has 0 aromatic heterocycles. The molecular weight excluding hydrogens is 322 g/mol. The Morgan fingerprint density at radius 3 is 2.08 bits per heavy atom. The largest absolute Gasteiger partial charge is 0.444 e. The average molecular weight is 355 g/mol. The number of hydrogen-bond acceptors (Lipinski definition) is 5. The second-order valence-electron chi connectivity index (χ2n) is 9.04. The number of piperazine rings is 1. The van der Waals surface area contributed by atoms with Crippen molar-refractivity contribution < 1.29 is 19.1 Å². The van der Waals surface area contributed by atoms with E-state index in [0.717, 1.165) is 19.4 Å². The summed E-state index contributed by atoms with van der Waals surface area (Å²) >= 11 is 0. The molecule has 2 aliphatic rings. The molecule has 2 heterocycles. The van der Waals surface area contributed by atoms with Crippen molar-refractivity contribution in [3.8, 4) is 0 Å². The number of nitrogens with zero attached hydrogens (tertiary/aromatic N) is 2. The Labute approximate surface area is 151 Å². The molecule has 1 N–H and O–H groups in total. The zero-order chi connectivity index (χ0) is 18.9. The molecular formula is C18H33N3O4. The van der Waals surface area contributed by atoms with E-state index in [1.807, 2.05) is 46.4 Å². The summed E-state index contributed by atoms with van der Waals surface area (Å²) in [6.45, 7) is 14.1. The van der Waals surface area contributed by atoms with Gasteiger partial charge in [-0.15, -0.1) is 0 Å². The highest BCUT2D eigenvalue weighted by Gasteiger charge is 2.47. The molecule has 1 atom stereocenters. The first kappa shape index (κ1) is 19.8. The van der Waals surface area contributed by atoms with Crippen LogP contribution in [-0.2, 0) is 9.47 Å². The van der Waals surface area contributed by atoms with Crippen LogP contribution in [0.25, 0.3) is 0 Å². The zero-order valence-corrected chi connectivity index (χ0v) is 16.5. The van der Waals surface area contributed by atoms with Gasteiger partial charge < -0.3 is 19.7 Å². The van der Waals surface area contributed by atoms with E-state index < -0.39 is 16.7 Å². The Bertz CT molecular complexity index is 501. The van der Waals surface area contributed by atoms with Gasteiger partial charge in [-0.1, -0.05) is 0 Å². The minimum atomic E-state index is -0.539. The fourth-order valence-corrected chi connectivity index (χ4v) is 3.38. The summed E-state index contributed by atoms with van der Waals surface area (Å²) in [6, 6.07) is 0. The molecule has 25 heavy (non-hydrogen) atoms. The lowest BCUT2D eigenvalue weighted by Crippen LogP contribution is -2.70. The van der Waals surface area contributed by atoms with Crippen molar-refractivity contribution in [1.82, 2.24) is 15.1 Å². The lowest BCUT2D eigenvalue weighted by atomic mass is 9.86. The second kappa shape index (κ2) is 7.02. The van der Waals surface area contributed by atoms with Crippen LogP contribution in [-0.4, -0.2) is 71.5 Å². The van der Waals surface area contributed by atoms with Crippen LogP contribution >= 0.6 is 0 Å². The molecule has 7 nitrogen and oxygen atoms in total. The van der Waals surface area contributed by atoms with Crippen LogP contribution in [0.3, 0.4) is 0 Å². The monoisotopic (exact) mass is 355 g/mol. The summed E-state index contributed by atoms with van der Waals surface area (Å²) in [5, 5.41) is 3.37. The van der Waals surface area contributed by atoms with Gasteiger partial charge in [-0.25, -0.2) is 9.59 Å². The van der Waals surface area contributed by atoms with Crippen LogP contribution in [0.1, 0.15) is 54.4 Å². The van der Waals surface area contributed by atoms with Gasteiger partial charge in [0.25, 0.3) is 0 Å². The molecule has 0 aromatic carbocycles. The molecule has 2 rings (SSSR count). The number of rotatable bonds is 0. The van der Waals surface area contributed by atoms with Gasteiger partial charge >= 0.3 is 12.2 Å². The summed E-state index contributed by atoms with van der Waals surface area (Å²) in [5.41, 5.74) is -1.50. The summed E-state index contributed by atoms with van der Waals surface area (Å²) < 4.78 is 11.1. The number of piperidine rings is 1. The molecule has 0 unspecified atom stereocenters. The number of amides is 2. The third-order valence-corrected chi connectivity index (χ3v) is 4.37. The standard InChI is InChI=1S/C18H33N3O4/c1-16(2,3)24-14(22)20-10-11-21(15(23)25-17(4,5)6)18(13-20)8-7-9-19-12-18/h19H,7-13H2,1-6H3/t18-/m1/s1. The maximum absolute atomic E-state index is 12.7. The van der Waals surface area contributed by atoms with Crippen LogP contribution in [0.2, 0.25) is 0 Å². The first-order chi connectivity index (χ1) is 11.4. The fraction of sp³-hybridized carbons (Fsp3) is 0.889. The molecule has 0 aliphatic carbocycles. The van der Waals surface area contributed by atoms with Crippen LogP contribution < -0.4 is 5.32 Å². The predicted molar refractivity (Wildman–Crippen MR) is 95.6 cm³/mol. The van der Waals surface area contributed by atoms with E-state index >= 15 is 0 Å². The van der Waals surface area contributed by atoms with E-state index in [1.54, 1.807) is 4.90 Å². The predicted octanol–water partition coefficient (Wildman–Crippen LogP) is 2.60. The molecule has 7 heteroatoms. The van der Waals surface area contributed by atoms with E-state index in [9.17, 15) is 9.59 Å². The van der Waals surface area contributed by atoms with Crippen LogP contribution in [0.5, 0.6) is 0 Å². The van der Waals surface area contributed by atoms with Crippen molar-refractivity contribution in [3.63, 3.8) is 0 Å².